The molecule has 0 bridgehead atoms. The smallest absolute Gasteiger partial charge is 0.315 e. The molecule has 5 N–H and O–H groups in total. The lowest BCUT2D eigenvalue weighted by molar-refractivity contribution is -0.130. The maximum Gasteiger partial charge on any atom is 0.315 e. The first-order valence-electron chi connectivity index (χ1n) is 11.0. The highest BCUT2D eigenvalue weighted by Gasteiger charge is 2.44. The van der Waals surface area contributed by atoms with Gasteiger partial charge in [0.1, 0.15) is 17.8 Å². The van der Waals surface area contributed by atoms with Crippen molar-refractivity contribution in [2.45, 2.75) is 50.9 Å². The molecule has 5 amide bonds. The first-order valence-corrected chi connectivity index (χ1v) is 11.0. The number of carbonyl (C=O) groups excluding carboxylic acids is 4. The van der Waals surface area contributed by atoms with Crippen molar-refractivity contribution in [2.75, 3.05) is 6.54 Å². The van der Waals surface area contributed by atoms with E-state index in [0.29, 0.717) is 6.42 Å². The predicted molar refractivity (Wildman–Crippen MR) is 123 cm³/mol. The Morgan fingerprint density at radius 1 is 1.12 bits per heavy atom. The molecule has 0 spiro atoms. The minimum atomic E-state index is -1.06. The number of amides is 5. The van der Waals surface area contributed by atoms with Crippen LogP contribution in [0.5, 0.6) is 0 Å². The predicted octanol–water partition coefficient (Wildman–Crippen LogP) is -0.0199. The van der Waals surface area contributed by atoms with E-state index >= 15 is 0 Å². The molecule has 0 saturated carbocycles. The summed E-state index contributed by atoms with van der Waals surface area (Å²) in [6.45, 7) is 3.83. The van der Waals surface area contributed by atoms with E-state index in [2.05, 4.69) is 25.9 Å². The van der Waals surface area contributed by atoms with Gasteiger partial charge in [0, 0.05) is 31.4 Å². The number of likely N-dealkylation sites (tertiary alicyclic amines) is 1. The van der Waals surface area contributed by atoms with Crippen LogP contribution < -0.4 is 21.7 Å². The standard InChI is InChI=1S/C23H29N7O4/c1-14(2)27-23(34)29-16-8-11-30(22(33)18-13-25-9-10-26-18)19(16)21(32)28-17(20(24)31)12-15-6-4-3-5-7-15/h3-7,9-10,13-14,16-17,19H,8,11-12H2,1-2H3,(H2,24,31)(H,28,32)(H2,27,29,34)/t16-,17-,19+/m1/s1. The first kappa shape index (κ1) is 24.6. The Balaban J connectivity index is 1.82. The summed E-state index contributed by atoms with van der Waals surface area (Å²) in [5.74, 6) is -1.80. The molecule has 1 aliphatic heterocycles. The maximum absolute atomic E-state index is 13.4. The van der Waals surface area contributed by atoms with Gasteiger partial charge in [0.05, 0.1) is 12.2 Å². The van der Waals surface area contributed by atoms with E-state index in [-0.39, 0.29) is 24.7 Å². The molecule has 1 fully saturated rings. The molecule has 1 aromatic heterocycles. The van der Waals surface area contributed by atoms with Crippen LogP contribution in [0, 0.1) is 0 Å². The average molecular weight is 468 g/mol. The Kier molecular flexibility index (Phi) is 8.12. The van der Waals surface area contributed by atoms with E-state index in [4.69, 9.17) is 5.73 Å². The molecule has 0 unspecified atom stereocenters. The van der Waals surface area contributed by atoms with E-state index in [1.54, 1.807) is 0 Å². The second-order valence-corrected chi connectivity index (χ2v) is 8.35. The van der Waals surface area contributed by atoms with Crippen LogP contribution >= 0.6 is 0 Å². The fourth-order valence-electron chi connectivity index (χ4n) is 3.85. The normalized spacial score (nSPS) is 18.3. The minimum Gasteiger partial charge on any atom is -0.368 e. The van der Waals surface area contributed by atoms with Crippen molar-refractivity contribution in [3.05, 3.63) is 60.2 Å². The van der Waals surface area contributed by atoms with E-state index in [0.717, 1.165) is 5.56 Å². The van der Waals surface area contributed by atoms with Crippen LogP contribution in [0.3, 0.4) is 0 Å². The van der Waals surface area contributed by atoms with Gasteiger partial charge in [0.15, 0.2) is 0 Å². The van der Waals surface area contributed by atoms with E-state index in [1.165, 1.54) is 23.5 Å². The fourth-order valence-corrected chi connectivity index (χ4v) is 3.85. The number of nitrogens with one attached hydrogen (secondary N) is 3. The zero-order chi connectivity index (χ0) is 24.7. The van der Waals surface area contributed by atoms with Gasteiger partial charge in [-0.15, -0.1) is 0 Å². The Morgan fingerprint density at radius 3 is 2.47 bits per heavy atom. The third-order valence-electron chi connectivity index (χ3n) is 5.39. The molecule has 11 nitrogen and oxygen atoms in total. The highest BCUT2D eigenvalue weighted by Crippen LogP contribution is 2.21. The van der Waals surface area contributed by atoms with E-state index in [1.807, 2.05) is 44.2 Å². The van der Waals surface area contributed by atoms with Crippen molar-refractivity contribution in [2.24, 2.45) is 5.73 Å². The third-order valence-corrected chi connectivity index (χ3v) is 5.39. The Bertz CT molecular complexity index is 1020. The second-order valence-electron chi connectivity index (χ2n) is 8.35. The van der Waals surface area contributed by atoms with Gasteiger partial charge in [-0.2, -0.15) is 0 Å². The number of aromatic nitrogens is 2. The lowest BCUT2D eigenvalue weighted by atomic mass is 10.0. The highest BCUT2D eigenvalue weighted by atomic mass is 16.2. The Labute approximate surface area is 197 Å². The molecule has 2 heterocycles. The number of primary amides is 1. The van der Waals surface area contributed by atoms with Crippen molar-refractivity contribution in [1.82, 2.24) is 30.8 Å². The Morgan fingerprint density at radius 2 is 1.85 bits per heavy atom. The zero-order valence-corrected chi connectivity index (χ0v) is 19.1. The van der Waals surface area contributed by atoms with E-state index in [9.17, 15) is 19.2 Å². The van der Waals surface area contributed by atoms with Crippen LogP contribution in [0.25, 0.3) is 0 Å². The zero-order valence-electron chi connectivity index (χ0n) is 19.1. The molecule has 1 aromatic carbocycles. The molecule has 3 rings (SSSR count). The van der Waals surface area contributed by atoms with Crippen molar-refractivity contribution < 1.29 is 19.2 Å². The summed E-state index contributed by atoms with van der Waals surface area (Å²) in [4.78, 5) is 60.2. The summed E-state index contributed by atoms with van der Waals surface area (Å²) in [5.41, 5.74) is 6.44. The largest absolute Gasteiger partial charge is 0.368 e. The fraction of sp³-hybridized carbons (Fsp3) is 0.391. The molecule has 2 aromatic rings. The summed E-state index contributed by atoms with van der Waals surface area (Å²) in [6, 6.07) is 5.82. The number of nitrogens with two attached hydrogens (primary N) is 1. The molecule has 11 heteroatoms. The number of benzene rings is 1. The molecule has 1 aliphatic rings. The van der Waals surface area contributed by atoms with Crippen LogP contribution in [0.15, 0.2) is 48.9 Å². The number of hydrogen-bond donors (Lipinski definition) is 4. The number of urea groups is 1. The molecule has 0 radical (unpaired) electrons. The van der Waals surface area contributed by atoms with Crippen molar-refractivity contribution >= 4 is 23.8 Å². The molecule has 180 valence electrons. The third kappa shape index (κ3) is 6.27. The molecular formula is C23H29N7O4. The summed E-state index contributed by atoms with van der Waals surface area (Å²) in [6.07, 6.45) is 4.67. The lowest BCUT2D eigenvalue weighted by Crippen LogP contribution is -2.59. The van der Waals surface area contributed by atoms with Gasteiger partial charge in [0.25, 0.3) is 5.91 Å². The minimum absolute atomic E-state index is 0.0725. The van der Waals surface area contributed by atoms with Gasteiger partial charge >= 0.3 is 6.03 Å². The van der Waals surface area contributed by atoms with Crippen LogP contribution in [-0.4, -0.2) is 69.3 Å². The molecule has 34 heavy (non-hydrogen) atoms. The number of rotatable bonds is 8. The first-order chi connectivity index (χ1) is 16.3. The lowest BCUT2D eigenvalue weighted by Gasteiger charge is -2.29. The van der Waals surface area contributed by atoms with Crippen molar-refractivity contribution in [1.29, 1.82) is 0 Å². The topological polar surface area (TPSA) is 159 Å². The number of carbonyl (C=O) groups is 4. The van der Waals surface area contributed by atoms with E-state index < -0.39 is 41.9 Å². The second kappa shape index (κ2) is 11.2. The van der Waals surface area contributed by atoms with Crippen LogP contribution in [0.2, 0.25) is 0 Å². The van der Waals surface area contributed by atoms with Gasteiger partial charge in [-0.25, -0.2) is 9.78 Å². The van der Waals surface area contributed by atoms with Crippen LogP contribution in [0.4, 0.5) is 4.79 Å². The molecule has 1 saturated heterocycles. The Hall–Kier alpha value is -4.02. The summed E-state index contributed by atoms with van der Waals surface area (Å²) in [7, 11) is 0. The summed E-state index contributed by atoms with van der Waals surface area (Å²) in [5, 5.41) is 8.16. The molecule has 0 aliphatic carbocycles. The monoisotopic (exact) mass is 467 g/mol. The van der Waals surface area contributed by atoms with Crippen LogP contribution in [-0.2, 0) is 16.0 Å². The van der Waals surface area contributed by atoms with Gasteiger partial charge in [-0.1, -0.05) is 30.3 Å². The van der Waals surface area contributed by atoms with Gasteiger partial charge in [0.2, 0.25) is 11.8 Å². The SMILES string of the molecule is CC(C)NC(=O)N[C@@H]1CCN(C(=O)c2cnccn2)[C@@H]1C(=O)N[C@H](Cc1ccccc1)C(N)=O. The highest BCUT2D eigenvalue weighted by molar-refractivity contribution is 5.98. The summed E-state index contributed by atoms with van der Waals surface area (Å²) < 4.78 is 0. The maximum atomic E-state index is 13.4. The molecule has 3 atom stereocenters. The van der Waals surface area contributed by atoms with Crippen LogP contribution in [0.1, 0.15) is 36.3 Å². The number of hydrogen-bond acceptors (Lipinski definition) is 6. The average Bonchev–Trinajstić information content (AvgIpc) is 3.22. The van der Waals surface area contributed by atoms with Gasteiger partial charge in [-0.05, 0) is 25.8 Å². The number of nitrogens with zero attached hydrogens (tertiary/aromatic N) is 3. The molecular weight excluding hydrogens is 438 g/mol. The summed E-state index contributed by atoms with van der Waals surface area (Å²) >= 11 is 0. The van der Waals surface area contributed by atoms with Crippen molar-refractivity contribution in [3.8, 4) is 0 Å². The van der Waals surface area contributed by atoms with Crippen molar-refractivity contribution in [3.63, 3.8) is 0 Å². The quantitative estimate of drug-likeness (QED) is 0.427. The van der Waals surface area contributed by atoms with Gasteiger partial charge in [-0.3, -0.25) is 19.4 Å². The van der Waals surface area contributed by atoms with Gasteiger partial charge < -0.3 is 26.6 Å².